The second-order valence-electron chi connectivity index (χ2n) is 4.16. The van der Waals surface area contributed by atoms with Crippen molar-refractivity contribution >= 4 is 33.9 Å². The minimum Gasteiger partial charge on any atom is -0.487 e. The van der Waals surface area contributed by atoms with Crippen LogP contribution in [0.2, 0.25) is 4.34 Å². The molecule has 0 aliphatic rings. The van der Waals surface area contributed by atoms with Crippen molar-refractivity contribution in [2.45, 2.75) is 6.04 Å². The van der Waals surface area contributed by atoms with Gasteiger partial charge in [0.25, 0.3) is 0 Å². The molecule has 3 aromatic rings. The van der Waals surface area contributed by atoms with Crippen LogP contribution in [-0.4, -0.2) is 7.11 Å². The van der Waals surface area contributed by atoms with Crippen molar-refractivity contribution in [3.63, 3.8) is 0 Å². The van der Waals surface area contributed by atoms with Gasteiger partial charge in [-0.25, -0.2) is 0 Å². The molecule has 2 heterocycles. The number of hydrogen-bond acceptors (Lipinski definition) is 4. The third-order valence-electron chi connectivity index (χ3n) is 2.98. The Balaban J connectivity index is 2.02. The molecule has 0 radical (unpaired) electrons. The summed E-state index contributed by atoms with van der Waals surface area (Å²) in [6, 6.07) is 11.2. The summed E-state index contributed by atoms with van der Waals surface area (Å²) in [7, 11) is 1.61. The van der Waals surface area contributed by atoms with Crippen molar-refractivity contribution in [2.75, 3.05) is 7.11 Å². The fourth-order valence-electron chi connectivity index (χ4n) is 1.98. The van der Waals surface area contributed by atoms with Crippen LogP contribution in [0.15, 0.2) is 40.8 Å². The zero-order chi connectivity index (χ0) is 13.4. The largest absolute Gasteiger partial charge is 0.487 e. The van der Waals surface area contributed by atoms with Gasteiger partial charge in [0.05, 0.1) is 13.2 Å². The smallest absolute Gasteiger partial charge is 0.175 e. The van der Waals surface area contributed by atoms with Crippen LogP contribution in [0.1, 0.15) is 17.4 Å². The van der Waals surface area contributed by atoms with Gasteiger partial charge in [-0.2, -0.15) is 0 Å². The van der Waals surface area contributed by atoms with Gasteiger partial charge in [-0.3, -0.25) is 0 Å². The van der Waals surface area contributed by atoms with Crippen LogP contribution < -0.4 is 10.5 Å². The first-order valence-corrected chi connectivity index (χ1v) is 6.96. The van der Waals surface area contributed by atoms with Crippen molar-refractivity contribution in [3.05, 3.63) is 52.1 Å². The summed E-state index contributed by atoms with van der Waals surface area (Å²) in [5.74, 6) is 0.698. The number of hydrogen-bond donors (Lipinski definition) is 1. The van der Waals surface area contributed by atoms with E-state index in [0.717, 1.165) is 21.6 Å². The fraction of sp³-hybridized carbons (Fsp3) is 0.143. The van der Waals surface area contributed by atoms with E-state index in [2.05, 4.69) is 0 Å². The third-order valence-corrected chi connectivity index (χ3v) is 4.33. The number of thiophene rings is 1. The highest BCUT2D eigenvalue weighted by Crippen LogP contribution is 2.39. The Bertz CT molecular complexity index is 686. The minimum absolute atomic E-state index is 0.389. The lowest BCUT2D eigenvalue weighted by Crippen LogP contribution is -2.10. The maximum Gasteiger partial charge on any atom is 0.175 e. The highest BCUT2D eigenvalue weighted by atomic mass is 35.5. The topological polar surface area (TPSA) is 48.4 Å². The molecule has 0 saturated carbocycles. The average Bonchev–Trinajstić information content (AvgIpc) is 3.01. The molecule has 0 saturated heterocycles. The lowest BCUT2D eigenvalue weighted by molar-refractivity contribution is 0.426. The highest BCUT2D eigenvalue weighted by Gasteiger charge is 2.19. The Morgan fingerprint density at radius 2 is 2.11 bits per heavy atom. The second-order valence-corrected chi connectivity index (χ2v) is 5.78. The number of nitrogens with two attached hydrogens (primary N) is 1. The summed E-state index contributed by atoms with van der Waals surface area (Å²) in [5, 5.41) is 1.78. The van der Waals surface area contributed by atoms with E-state index in [1.165, 1.54) is 11.3 Å². The summed E-state index contributed by atoms with van der Waals surface area (Å²) in [6.07, 6.45) is 0. The van der Waals surface area contributed by atoms with Gasteiger partial charge in [-0.05, 0) is 18.2 Å². The second kappa shape index (κ2) is 4.89. The highest BCUT2D eigenvalue weighted by molar-refractivity contribution is 7.18. The minimum atomic E-state index is -0.389. The zero-order valence-corrected chi connectivity index (χ0v) is 11.8. The molecular weight excluding hydrogens is 282 g/mol. The lowest BCUT2D eigenvalue weighted by Gasteiger charge is -2.06. The van der Waals surface area contributed by atoms with E-state index in [9.17, 15) is 0 Å². The van der Waals surface area contributed by atoms with Crippen LogP contribution in [0.5, 0.6) is 5.06 Å². The molecule has 0 spiro atoms. The van der Waals surface area contributed by atoms with E-state index in [1.807, 2.05) is 36.4 Å². The summed E-state index contributed by atoms with van der Waals surface area (Å²) >= 11 is 7.55. The molecule has 2 N–H and O–H groups in total. The molecule has 0 aliphatic carbocycles. The quantitative estimate of drug-likeness (QED) is 0.787. The molecule has 19 heavy (non-hydrogen) atoms. The number of fused-ring (bicyclic) bond motifs is 1. The Hall–Kier alpha value is -1.49. The van der Waals surface area contributed by atoms with Gasteiger partial charge < -0.3 is 14.9 Å². The van der Waals surface area contributed by atoms with Crippen LogP contribution in [0.4, 0.5) is 0 Å². The van der Waals surface area contributed by atoms with Crippen LogP contribution in [-0.2, 0) is 0 Å². The third kappa shape index (κ3) is 2.23. The summed E-state index contributed by atoms with van der Waals surface area (Å²) in [4.78, 5) is 0. The van der Waals surface area contributed by atoms with Crippen molar-refractivity contribution in [2.24, 2.45) is 5.73 Å². The molecule has 3 rings (SSSR count). The Morgan fingerprint density at radius 1 is 1.32 bits per heavy atom. The molecule has 0 amide bonds. The zero-order valence-electron chi connectivity index (χ0n) is 10.2. The van der Waals surface area contributed by atoms with E-state index in [1.54, 1.807) is 7.11 Å². The normalized spacial score (nSPS) is 12.8. The molecule has 5 heteroatoms. The first kappa shape index (κ1) is 12.5. The molecule has 2 aromatic heterocycles. The van der Waals surface area contributed by atoms with E-state index in [4.69, 9.17) is 26.5 Å². The van der Waals surface area contributed by atoms with Crippen molar-refractivity contribution in [1.82, 2.24) is 0 Å². The monoisotopic (exact) mass is 293 g/mol. The van der Waals surface area contributed by atoms with Gasteiger partial charge in [0.1, 0.15) is 15.7 Å². The Kier molecular flexibility index (Phi) is 3.22. The van der Waals surface area contributed by atoms with Crippen LogP contribution in [0.25, 0.3) is 11.0 Å². The molecular formula is C14H12ClNO2S. The summed E-state index contributed by atoms with van der Waals surface area (Å²) in [6.45, 7) is 0. The van der Waals surface area contributed by atoms with E-state index in [-0.39, 0.29) is 6.04 Å². The van der Waals surface area contributed by atoms with Gasteiger partial charge in [0.15, 0.2) is 5.06 Å². The van der Waals surface area contributed by atoms with E-state index >= 15 is 0 Å². The molecule has 0 aliphatic heterocycles. The molecule has 1 aromatic carbocycles. The number of ether oxygens (including phenoxy) is 1. The Labute approximate surface area is 119 Å². The fourth-order valence-corrected chi connectivity index (χ4v) is 3.13. The average molecular weight is 294 g/mol. The first-order valence-electron chi connectivity index (χ1n) is 5.76. The van der Waals surface area contributed by atoms with Gasteiger partial charge in [0, 0.05) is 10.9 Å². The number of benzene rings is 1. The Morgan fingerprint density at radius 3 is 2.79 bits per heavy atom. The van der Waals surface area contributed by atoms with Crippen molar-refractivity contribution in [1.29, 1.82) is 0 Å². The molecule has 0 bridgehead atoms. The predicted molar refractivity (Wildman–Crippen MR) is 78.1 cm³/mol. The maximum atomic E-state index is 6.22. The summed E-state index contributed by atoms with van der Waals surface area (Å²) < 4.78 is 11.6. The van der Waals surface area contributed by atoms with Crippen molar-refractivity contribution < 1.29 is 9.15 Å². The maximum absolute atomic E-state index is 6.22. The molecule has 3 nitrogen and oxygen atoms in total. The van der Waals surface area contributed by atoms with Crippen molar-refractivity contribution in [3.8, 4) is 5.06 Å². The number of halogens is 1. The van der Waals surface area contributed by atoms with Gasteiger partial charge in [-0.1, -0.05) is 41.1 Å². The predicted octanol–water partition coefficient (Wildman–Crippen LogP) is 4.20. The number of furan rings is 1. The lowest BCUT2D eigenvalue weighted by atomic mass is 10.1. The molecule has 98 valence electrons. The summed E-state index contributed by atoms with van der Waals surface area (Å²) in [5.41, 5.74) is 7.87. The van der Waals surface area contributed by atoms with Gasteiger partial charge in [0.2, 0.25) is 0 Å². The van der Waals surface area contributed by atoms with Crippen LogP contribution in [0.3, 0.4) is 0 Å². The molecule has 0 fully saturated rings. The van der Waals surface area contributed by atoms with E-state index < -0.39 is 0 Å². The number of rotatable bonds is 3. The van der Waals surface area contributed by atoms with E-state index in [0.29, 0.717) is 10.1 Å². The number of para-hydroxylation sites is 1. The SMILES string of the molecule is COc1cc(C(N)c2cc3ccccc3o2)c(Cl)s1. The van der Waals surface area contributed by atoms with Crippen LogP contribution in [0, 0.1) is 0 Å². The first-order chi connectivity index (χ1) is 9.19. The van der Waals surface area contributed by atoms with Crippen LogP contribution >= 0.6 is 22.9 Å². The van der Waals surface area contributed by atoms with Gasteiger partial charge in [-0.15, -0.1) is 0 Å². The number of methoxy groups -OCH3 is 1. The standard InChI is InChI=1S/C14H12ClNO2S/c1-17-12-7-9(14(15)19-12)13(16)11-6-8-4-2-3-5-10(8)18-11/h2-7,13H,16H2,1H3. The van der Waals surface area contributed by atoms with Gasteiger partial charge >= 0.3 is 0 Å². The molecule has 1 atom stereocenters. The molecule has 1 unspecified atom stereocenters.